The molecule has 0 amide bonds. The number of nitrogens with one attached hydrogen (secondary N) is 1. The van der Waals surface area contributed by atoms with E-state index in [4.69, 9.17) is 4.74 Å². The van der Waals surface area contributed by atoms with Crippen LogP contribution in [0.5, 0.6) is 5.75 Å². The van der Waals surface area contributed by atoms with Crippen LogP contribution in [-0.2, 0) is 0 Å². The van der Waals surface area contributed by atoms with E-state index < -0.39 is 5.82 Å². The minimum absolute atomic E-state index is 0.126. The van der Waals surface area contributed by atoms with Gasteiger partial charge in [-0.1, -0.05) is 0 Å². The van der Waals surface area contributed by atoms with Crippen molar-refractivity contribution in [2.45, 2.75) is 26.9 Å². The Morgan fingerprint density at radius 1 is 1.15 bits per heavy atom. The minimum atomic E-state index is -0.420. The topological polar surface area (TPSA) is 47.0 Å². The maximum Gasteiger partial charge on any atom is 0.186 e. The molecule has 0 spiro atoms. The molecule has 1 aromatic heterocycles. The van der Waals surface area contributed by atoms with Crippen LogP contribution in [0.1, 0.15) is 19.5 Å². The fraction of sp³-hybridized carbons (Fsp3) is 0.333. The number of rotatable bonds is 4. The molecule has 0 saturated heterocycles. The SMILES string of the molecule is CNc1nc(-c2ccc(OC(C)C)cc2)nc(C)c1F. The van der Waals surface area contributed by atoms with E-state index in [-0.39, 0.29) is 11.9 Å². The van der Waals surface area contributed by atoms with Crippen LogP contribution in [0.2, 0.25) is 0 Å². The third-order valence-electron chi connectivity index (χ3n) is 2.74. The average Bonchev–Trinajstić information content (AvgIpc) is 2.42. The Morgan fingerprint density at radius 2 is 1.80 bits per heavy atom. The van der Waals surface area contributed by atoms with Crippen molar-refractivity contribution in [3.63, 3.8) is 0 Å². The second-order valence-electron chi connectivity index (χ2n) is 4.74. The molecule has 106 valence electrons. The number of ether oxygens (including phenoxy) is 1. The predicted octanol–water partition coefficient (Wildman–Crippen LogP) is 3.42. The molecule has 0 atom stereocenters. The van der Waals surface area contributed by atoms with Gasteiger partial charge in [0.15, 0.2) is 17.5 Å². The van der Waals surface area contributed by atoms with Crippen molar-refractivity contribution in [2.24, 2.45) is 0 Å². The molecule has 1 aromatic carbocycles. The smallest absolute Gasteiger partial charge is 0.186 e. The van der Waals surface area contributed by atoms with Gasteiger partial charge >= 0.3 is 0 Å². The number of hydrogen-bond donors (Lipinski definition) is 1. The van der Waals surface area contributed by atoms with E-state index in [9.17, 15) is 4.39 Å². The number of aryl methyl sites for hydroxylation is 1. The fourth-order valence-corrected chi connectivity index (χ4v) is 1.81. The van der Waals surface area contributed by atoms with E-state index in [0.29, 0.717) is 11.5 Å². The molecule has 5 heteroatoms. The van der Waals surface area contributed by atoms with Crippen LogP contribution in [0.4, 0.5) is 10.2 Å². The Kier molecular flexibility index (Phi) is 4.17. The number of halogens is 1. The van der Waals surface area contributed by atoms with Gasteiger partial charge in [-0.2, -0.15) is 0 Å². The summed E-state index contributed by atoms with van der Waals surface area (Å²) in [5.41, 5.74) is 1.14. The van der Waals surface area contributed by atoms with Crippen molar-refractivity contribution >= 4 is 5.82 Å². The molecule has 20 heavy (non-hydrogen) atoms. The Labute approximate surface area is 118 Å². The Hall–Kier alpha value is -2.17. The van der Waals surface area contributed by atoms with Crippen LogP contribution >= 0.6 is 0 Å². The highest BCUT2D eigenvalue weighted by Gasteiger charge is 2.11. The van der Waals surface area contributed by atoms with Crippen molar-refractivity contribution in [1.29, 1.82) is 0 Å². The minimum Gasteiger partial charge on any atom is -0.491 e. The monoisotopic (exact) mass is 275 g/mol. The lowest BCUT2D eigenvalue weighted by Crippen LogP contribution is -2.05. The summed E-state index contributed by atoms with van der Waals surface area (Å²) in [6.07, 6.45) is 0.126. The van der Waals surface area contributed by atoms with E-state index >= 15 is 0 Å². The standard InChI is InChI=1S/C15H18FN3O/c1-9(2)20-12-7-5-11(6-8-12)14-18-10(3)13(16)15(17-4)19-14/h5-9H,1-4H3,(H,17,18,19). The molecule has 1 N–H and O–H groups in total. The first-order chi connectivity index (χ1) is 9.51. The first-order valence-electron chi connectivity index (χ1n) is 6.50. The van der Waals surface area contributed by atoms with E-state index in [0.717, 1.165) is 11.3 Å². The lowest BCUT2D eigenvalue weighted by atomic mass is 10.2. The summed E-state index contributed by atoms with van der Waals surface area (Å²) in [5, 5.41) is 2.73. The molecule has 0 bridgehead atoms. The van der Waals surface area contributed by atoms with Gasteiger partial charge in [0.1, 0.15) is 5.75 Å². The summed E-state index contributed by atoms with van der Waals surface area (Å²) in [6.45, 7) is 5.57. The third kappa shape index (κ3) is 3.04. The van der Waals surface area contributed by atoms with Crippen LogP contribution in [-0.4, -0.2) is 23.1 Å². The lowest BCUT2D eigenvalue weighted by Gasteiger charge is -2.10. The van der Waals surface area contributed by atoms with Gasteiger partial charge in [-0.05, 0) is 45.0 Å². The number of nitrogens with zero attached hydrogens (tertiary/aromatic N) is 2. The first kappa shape index (κ1) is 14.2. The molecule has 2 aromatic rings. The van der Waals surface area contributed by atoms with E-state index in [1.165, 1.54) is 0 Å². The van der Waals surface area contributed by atoms with Gasteiger partial charge in [0.2, 0.25) is 0 Å². The fourth-order valence-electron chi connectivity index (χ4n) is 1.81. The summed E-state index contributed by atoms with van der Waals surface area (Å²) in [5.74, 6) is 1.06. The zero-order valence-corrected chi connectivity index (χ0v) is 12.1. The summed E-state index contributed by atoms with van der Waals surface area (Å²) in [6, 6.07) is 7.44. The third-order valence-corrected chi connectivity index (χ3v) is 2.74. The van der Waals surface area contributed by atoms with E-state index in [1.807, 2.05) is 38.1 Å². The molecule has 0 unspecified atom stereocenters. The maximum absolute atomic E-state index is 13.7. The second-order valence-corrected chi connectivity index (χ2v) is 4.74. The van der Waals surface area contributed by atoms with Crippen molar-refractivity contribution in [3.8, 4) is 17.1 Å². The van der Waals surface area contributed by atoms with Crippen molar-refractivity contribution in [1.82, 2.24) is 9.97 Å². The van der Waals surface area contributed by atoms with E-state index in [2.05, 4.69) is 15.3 Å². The van der Waals surface area contributed by atoms with Crippen LogP contribution in [0.25, 0.3) is 11.4 Å². The molecular formula is C15H18FN3O. The molecule has 0 radical (unpaired) electrons. The molecule has 0 aliphatic heterocycles. The highest BCUT2D eigenvalue weighted by atomic mass is 19.1. The zero-order chi connectivity index (χ0) is 14.7. The molecule has 1 heterocycles. The zero-order valence-electron chi connectivity index (χ0n) is 12.1. The van der Waals surface area contributed by atoms with Gasteiger partial charge in [0.25, 0.3) is 0 Å². The Morgan fingerprint density at radius 3 is 2.35 bits per heavy atom. The van der Waals surface area contributed by atoms with Gasteiger partial charge in [-0.3, -0.25) is 0 Å². The number of benzene rings is 1. The molecule has 0 aliphatic carbocycles. The summed E-state index contributed by atoms with van der Waals surface area (Å²) in [7, 11) is 1.63. The van der Waals surface area contributed by atoms with Crippen LogP contribution < -0.4 is 10.1 Å². The molecule has 0 aliphatic rings. The molecule has 4 nitrogen and oxygen atoms in total. The highest BCUT2D eigenvalue weighted by molar-refractivity contribution is 5.59. The van der Waals surface area contributed by atoms with Gasteiger partial charge in [0, 0.05) is 12.6 Å². The quantitative estimate of drug-likeness (QED) is 0.928. The van der Waals surface area contributed by atoms with Crippen molar-refractivity contribution in [3.05, 3.63) is 35.8 Å². The summed E-state index contributed by atoms with van der Waals surface area (Å²) in [4.78, 5) is 8.35. The highest BCUT2D eigenvalue weighted by Crippen LogP contribution is 2.23. The predicted molar refractivity (Wildman–Crippen MR) is 77.5 cm³/mol. The van der Waals surface area contributed by atoms with Gasteiger partial charge in [0.05, 0.1) is 11.8 Å². The van der Waals surface area contributed by atoms with Gasteiger partial charge < -0.3 is 10.1 Å². The van der Waals surface area contributed by atoms with Crippen molar-refractivity contribution in [2.75, 3.05) is 12.4 Å². The average molecular weight is 275 g/mol. The largest absolute Gasteiger partial charge is 0.491 e. The summed E-state index contributed by atoms with van der Waals surface area (Å²) >= 11 is 0. The maximum atomic E-state index is 13.7. The molecular weight excluding hydrogens is 257 g/mol. The van der Waals surface area contributed by atoms with Gasteiger partial charge in [-0.15, -0.1) is 0 Å². The lowest BCUT2D eigenvalue weighted by molar-refractivity contribution is 0.242. The van der Waals surface area contributed by atoms with Crippen LogP contribution in [0.15, 0.2) is 24.3 Å². The molecule has 0 fully saturated rings. The Balaban J connectivity index is 2.34. The first-order valence-corrected chi connectivity index (χ1v) is 6.50. The number of anilines is 1. The number of hydrogen-bond acceptors (Lipinski definition) is 4. The Bertz CT molecular complexity index is 597. The van der Waals surface area contributed by atoms with Crippen molar-refractivity contribution < 1.29 is 9.13 Å². The van der Waals surface area contributed by atoms with Crippen LogP contribution in [0.3, 0.4) is 0 Å². The van der Waals surface area contributed by atoms with E-state index in [1.54, 1.807) is 14.0 Å². The van der Waals surface area contributed by atoms with Crippen LogP contribution in [0, 0.1) is 12.7 Å². The normalized spacial score (nSPS) is 10.7. The van der Waals surface area contributed by atoms with Gasteiger partial charge in [-0.25, -0.2) is 14.4 Å². The second kappa shape index (κ2) is 5.86. The summed E-state index contributed by atoms with van der Waals surface area (Å²) < 4.78 is 19.3. The molecule has 2 rings (SSSR count). The molecule has 0 saturated carbocycles. The number of aromatic nitrogens is 2.